The molecule has 2 N–H and O–H groups in total. The molecule has 2 atom stereocenters. The van der Waals surface area contributed by atoms with Gasteiger partial charge in [-0.3, -0.25) is 10.00 Å². The molecular weight excluding hydrogens is 535 g/mol. The topological polar surface area (TPSA) is 75.3 Å². The Bertz CT molecular complexity index is 1200. The number of hydrogen-bond donors (Lipinski definition) is 2. The maximum Gasteiger partial charge on any atom is 0.416 e. The third-order valence-electron chi connectivity index (χ3n) is 6.25. The summed E-state index contributed by atoms with van der Waals surface area (Å²) in [6, 6.07) is 6.58. The van der Waals surface area contributed by atoms with Crippen LogP contribution in [0.15, 0.2) is 42.5 Å². The molecule has 14 heteroatoms. The van der Waals surface area contributed by atoms with Crippen LogP contribution < -0.4 is 5.32 Å². The summed E-state index contributed by atoms with van der Waals surface area (Å²) in [5.74, 6) is -0.447. The molecule has 0 radical (unpaired) electrons. The van der Waals surface area contributed by atoms with Gasteiger partial charge in [0.1, 0.15) is 11.5 Å². The minimum absolute atomic E-state index is 0.0866. The Labute approximate surface area is 219 Å². The largest absolute Gasteiger partial charge is 0.416 e. The lowest BCUT2D eigenvalue weighted by Crippen LogP contribution is -2.46. The molecule has 1 aromatic heterocycles. The van der Waals surface area contributed by atoms with Crippen molar-refractivity contribution in [1.29, 1.82) is 0 Å². The van der Waals surface area contributed by atoms with E-state index in [4.69, 9.17) is 9.47 Å². The maximum atomic E-state index is 13.6. The van der Waals surface area contributed by atoms with Gasteiger partial charge in [0.2, 0.25) is 0 Å². The first-order chi connectivity index (χ1) is 18.5. The number of morpholine rings is 1. The fourth-order valence-electron chi connectivity index (χ4n) is 4.40. The van der Waals surface area contributed by atoms with Gasteiger partial charge in [0, 0.05) is 19.6 Å². The van der Waals surface area contributed by atoms with Crippen molar-refractivity contribution >= 4 is 0 Å². The first-order valence-corrected chi connectivity index (χ1v) is 12.0. The Morgan fingerprint density at radius 3 is 2.33 bits per heavy atom. The molecule has 0 spiro atoms. The van der Waals surface area contributed by atoms with Crippen LogP contribution in [0.1, 0.15) is 39.7 Å². The summed E-state index contributed by atoms with van der Waals surface area (Å²) in [5.41, 5.74) is -0.867. The number of nitrogens with one attached hydrogen (secondary N) is 2. The number of nitrogens with zero attached hydrogens (tertiary/aromatic N) is 3. The van der Waals surface area contributed by atoms with Crippen LogP contribution in [0.5, 0.6) is 0 Å². The van der Waals surface area contributed by atoms with Gasteiger partial charge >= 0.3 is 12.4 Å². The standard InChI is InChI=1S/C25H26F7N5O2/c1-33-13-20-21(35-36-34-20)14-37-7-9-39-23(22(37)16-2-4-19(26)5-3-16)38-8-6-15-10-17(24(27,28)29)12-18(11-15)25(30,31)32/h2-5,10-12,22-23,33H,6-9,13-14H2,1H3,(H,34,35,36). The van der Waals surface area contributed by atoms with Gasteiger partial charge < -0.3 is 14.8 Å². The molecule has 2 heterocycles. The summed E-state index contributed by atoms with van der Waals surface area (Å²) in [7, 11) is 1.77. The van der Waals surface area contributed by atoms with Crippen LogP contribution in [0.3, 0.4) is 0 Å². The molecule has 0 aliphatic carbocycles. The second kappa shape index (κ2) is 12.0. The summed E-state index contributed by atoms with van der Waals surface area (Å²) >= 11 is 0. The average Bonchev–Trinajstić information content (AvgIpc) is 3.30. The van der Waals surface area contributed by atoms with Crippen LogP contribution in [0.2, 0.25) is 0 Å². The van der Waals surface area contributed by atoms with E-state index in [2.05, 4.69) is 20.7 Å². The van der Waals surface area contributed by atoms with Gasteiger partial charge in [-0.1, -0.05) is 17.3 Å². The van der Waals surface area contributed by atoms with E-state index >= 15 is 0 Å². The Morgan fingerprint density at radius 2 is 1.72 bits per heavy atom. The fourth-order valence-corrected chi connectivity index (χ4v) is 4.40. The number of alkyl halides is 6. The highest BCUT2D eigenvalue weighted by atomic mass is 19.4. The van der Waals surface area contributed by atoms with Crippen LogP contribution in [-0.2, 0) is 41.3 Å². The Hall–Kier alpha value is -3.07. The summed E-state index contributed by atoms with van der Waals surface area (Å²) in [6.07, 6.45) is -11.0. The zero-order valence-corrected chi connectivity index (χ0v) is 20.7. The van der Waals surface area contributed by atoms with Crippen molar-refractivity contribution in [3.05, 3.63) is 81.9 Å². The molecule has 1 fully saturated rings. The maximum absolute atomic E-state index is 13.6. The highest BCUT2D eigenvalue weighted by Gasteiger charge is 2.38. The molecule has 2 unspecified atom stereocenters. The minimum Gasteiger partial charge on any atom is -0.350 e. The predicted molar refractivity (Wildman–Crippen MR) is 125 cm³/mol. The third kappa shape index (κ3) is 7.32. The van der Waals surface area contributed by atoms with E-state index < -0.39 is 41.6 Å². The van der Waals surface area contributed by atoms with Crippen molar-refractivity contribution in [3.8, 4) is 0 Å². The molecule has 3 aromatic rings. The molecule has 212 valence electrons. The number of rotatable bonds is 9. The normalized spacial score (nSPS) is 19.0. The fraction of sp³-hybridized carbons (Fsp3) is 0.440. The van der Waals surface area contributed by atoms with E-state index in [1.165, 1.54) is 12.1 Å². The molecule has 1 aliphatic heterocycles. The molecule has 0 saturated carbocycles. The Morgan fingerprint density at radius 1 is 1.05 bits per heavy atom. The number of ether oxygens (including phenoxy) is 2. The van der Waals surface area contributed by atoms with E-state index in [9.17, 15) is 30.7 Å². The van der Waals surface area contributed by atoms with E-state index in [0.717, 1.165) is 5.69 Å². The quantitative estimate of drug-likeness (QED) is 0.364. The second-order valence-electron chi connectivity index (χ2n) is 9.01. The Balaban J connectivity index is 1.54. The smallest absolute Gasteiger partial charge is 0.350 e. The number of halogens is 7. The Kier molecular flexibility index (Phi) is 8.89. The number of benzene rings is 2. The van der Waals surface area contributed by atoms with Crippen molar-refractivity contribution < 1.29 is 40.2 Å². The second-order valence-corrected chi connectivity index (χ2v) is 9.01. The van der Waals surface area contributed by atoms with Crippen LogP contribution in [0.4, 0.5) is 30.7 Å². The first kappa shape index (κ1) is 28.9. The van der Waals surface area contributed by atoms with Gasteiger partial charge in [0.25, 0.3) is 0 Å². The van der Waals surface area contributed by atoms with Gasteiger partial charge in [-0.05, 0) is 54.9 Å². The molecule has 2 aromatic carbocycles. The van der Waals surface area contributed by atoms with Gasteiger partial charge in [-0.2, -0.15) is 26.3 Å². The summed E-state index contributed by atoms with van der Waals surface area (Å²) < 4.78 is 105. The molecule has 0 bridgehead atoms. The summed E-state index contributed by atoms with van der Waals surface area (Å²) in [4.78, 5) is 1.99. The lowest BCUT2D eigenvalue weighted by molar-refractivity contribution is -0.212. The average molecular weight is 562 g/mol. The SMILES string of the molecule is CNCc1[nH]nnc1CN1CCOC(OCCc2cc(C(F)(F)F)cc(C(F)(F)F)c2)C1c1ccc(F)cc1. The highest BCUT2D eigenvalue weighted by molar-refractivity contribution is 5.33. The summed E-state index contributed by atoms with van der Waals surface area (Å²) in [6.45, 7) is 1.30. The minimum atomic E-state index is -4.94. The van der Waals surface area contributed by atoms with Crippen LogP contribution >= 0.6 is 0 Å². The van der Waals surface area contributed by atoms with Gasteiger partial charge in [-0.25, -0.2) is 4.39 Å². The van der Waals surface area contributed by atoms with E-state index in [1.807, 2.05) is 4.90 Å². The van der Waals surface area contributed by atoms with Gasteiger partial charge in [0.15, 0.2) is 6.29 Å². The van der Waals surface area contributed by atoms with E-state index in [0.29, 0.717) is 43.0 Å². The number of aromatic nitrogens is 3. The summed E-state index contributed by atoms with van der Waals surface area (Å²) in [5, 5.41) is 13.8. The van der Waals surface area contributed by atoms with Crippen molar-refractivity contribution in [3.63, 3.8) is 0 Å². The molecule has 0 amide bonds. The van der Waals surface area contributed by atoms with Crippen molar-refractivity contribution in [2.45, 2.75) is 44.2 Å². The molecule has 7 nitrogen and oxygen atoms in total. The lowest BCUT2D eigenvalue weighted by Gasteiger charge is -2.41. The lowest BCUT2D eigenvalue weighted by atomic mass is 10.0. The number of hydrogen-bond acceptors (Lipinski definition) is 6. The molecular formula is C25H26F7N5O2. The first-order valence-electron chi connectivity index (χ1n) is 12.0. The van der Waals surface area contributed by atoms with Crippen molar-refractivity contribution in [2.75, 3.05) is 26.8 Å². The van der Waals surface area contributed by atoms with E-state index in [-0.39, 0.29) is 31.3 Å². The van der Waals surface area contributed by atoms with Gasteiger partial charge in [0.05, 0.1) is 36.1 Å². The monoisotopic (exact) mass is 561 g/mol. The zero-order chi connectivity index (χ0) is 28.2. The van der Waals surface area contributed by atoms with Crippen LogP contribution in [-0.4, -0.2) is 53.4 Å². The molecule has 39 heavy (non-hydrogen) atoms. The van der Waals surface area contributed by atoms with Crippen LogP contribution in [0.25, 0.3) is 0 Å². The zero-order valence-electron chi connectivity index (χ0n) is 20.7. The molecule has 1 saturated heterocycles. The molecule has 4 rings (SSSR count). The van der Waals surface area contributed by atoms with Crippen molar-refractivity contribution in [2.24, 2.45) is 0 Å². The molecule has 1 aliphatic rings. The predicted octanol–water partition coefficient (Wildman–Crippen LogP) is 4.86. The van der Waals surface area contributed by atoms with E-state index in [1.54, 1.807) is 19.2 Å². The van der Waals surface area contributed by atoms with Gasteiger partial charge in [-0.15, -0.1) is 5.10 Å². The number of H-pyrrole nitrogens is 1. The van der Waals surface area contributed by atoms with Crippen molar-refractivity contribution in [1.82, 2.24) is 25.6 Å². The van der Waals surface area contributed by atoms with Crippen LogP contribution in [0, 0.1) is 5.82 Å². The third-order valence-corrected chi connectivity index (χ3v) is 6.25. The highest BCUT2D eigenvalue weighted by Crippen LogP contribution is 2.37. The number of aromatic amines is 1.